The molecule has 0 aromatic carbocycles. The molecule has 1 atom stereocenters. The van der Waals surface area contributed by atoms with Gasteiger partial charge in [-0.1, -0.05) is 5.92 Å². The fourth-order valence-electron chi connectivity index (χ4n) is 1.51. The number of halogens is 2. The minimum atomic E-state index is -2.17. The fourth-order valence-corrected chi connectivity index (χ4v) is 1.51. The second kappa shape index (κ2) is 8.87. The Morgan fingerprint density at radius 2 is 2.05 bits per heavy atom. The minimum absolute atomic E-state index is 0.0575. The molecule has 1 saturated heterocycles. The molecule has 1 aliphatic rings. The standard InChI is InChI=1S/C7H10N4O.C5H9F2N/c1-3-4(8)5(7(10)12)6(9)11-2;6-5(7)4-2-1-3-8-4/h1H,8H2,2H3,(H2,9,11)(H2,10,12);4-5,8H,1-3H2/b5-4+;. The van der Waals surface area contributed by atoms with Gasteiger partial charge in [0.15, 0.2) is 0 Å². The molecule has 1 fully saturated rings. The summed E-state index contributed by atoms with van der Waals surface area (Å²) in [6, 6.07) is -0.519. The number of aliphatic imine (C=N–C) groups is 1. The SMILES string of the molecule is C#C/C(N)=C(\C(N)=O)C(N)=NC.FC(F)C1CCCN1. The van der Waals surface area contributed by atoms with Crippen molar-refractivity contribution >= 4 is 11.7 Å². The lowest BCUT2D eigenvalue weighted by atomic mass is 10.2. The van der Waals surface area contributed by atoms with Gasteiger partial charge in [0.1, 0.15) is 11.4 Å². The average Bonchev–Trinajstić information content (AvgIpc) is 2.92. The summed E-state index contributed by atoms with van der Waals surface area (Å²) in [5.74, 6) is 1.22. The van der Waals surface area contributed by atoms with Crippen LogP contribution in [-0.2, 0) is 4.79 Å². The van der Waals surface area contributed by atoms with E-state index in [0.717, 1.165) is 13.0 Å². The number of alkyl halides is 2. The Kier molecular flexibility index (Phi) is 7.93. The van der Waals surface area contributed by atoms with Crippen molar-refractivity contribution in [2.45, 2.75) is 25.3 Å². The van der Waals surface area contributed by atoms with E-state index >= 15 is 0 Å². The maximum Gasteiger partial charge on any atom is 0.255 e. The Morgan fingerprint density at radius 3 is 2.30 bits per heavy atom. The molecule has 0 saturated carbocycles. The van der Waals surface area contributed by atoms with Gasteiger partial charge in [-0.05, 0) is 19.4 Å². The zero-order valence-electron chi connectivity index (χ0n) is 11.2. The number of rotatable bonds is 3. The molecule has 7 N–H and O–H groups in total. The van der Waals surface area contributed by atoms with Gasteiger partial charge in [-0.2, -0.15) is 0 Å². The Bertz CT molecular complexity index is 434. The Balaban J connectivity index is 0.000000388. The van der Waals surface area contributed by atoms with E-state index in [9.17, 15) is 13.6 Å². The summed E-state index contributed by atoms with van der Waals surface area (Å²) in [5, 5.41) is 2.71. The van der Waals surface area contributed by atoms with E-state index in [4.69, 9.17) is 23.6 Å². The number of nitrogens with zero attached hydrogens (tertiary/aromatic N) is 1. The van der Waals surface area contributed by atoms with Crippen LogP contribution in [0.2, 0.25) is 0 Å². The Hall–Kier alpha value is -2.14. The van der Waals surface area contributed by atoms with E-state index in [0.29, 0.717) is 6.42 Å². The molecular weight excluding hydrogens is 268 g/mol. The van der Waals surface area contributed by atoms with E-state index in [1.807, 2.05) is 0 Å². The van der Waals surface area contributed by atoms with Gasteiger partial charge in [0.25, 0.3) is 12.3 Å². The van der Waals surface area contributed by atoms with Crippen LogP contribution in [0.1, 0.15) is 12.8 Å². The highest BCUT2D eigenvalue weighted by Gasteiger charge is 2.22. The predicted molar refractivity (Wildman–Crippen MR) is 73.8 cm³/mol. The number of hydrogen-bond acceptors (Lipinski definition) is 4. The number of primary amides is 1. The zero-order valence-corrected chi connectivity index (χ0v) is 11.2. The van der Waals surface area contributed by atoms with Gasteiger partial charge in [0.05, 0.1) is 11.7 Å². The third-order valence-corrected chi connectivity index (χ3v) is 2.57. The van der Waals surface area contributed by atoms with Gasteiger partial charge in [-0.15, -0.1) is 6.42 Å². The molecule has 0 aliphatic carbocycles. The number of allylic oxidation sites excluding steroid dienone is 1. The lowest BCUT2D eigenvalue weighted by molar-refractivity contribution is -0.114. The van der Waals surface area contributed by atoms with Crippen LogP contribution in [0.25, 0.3) is 0 Å². The van der Waals surface area contributed by atoms with Crippen LogP contribution >= 0.6 is 0 Å². The molecular formula is C12H19F2N5O. The first kappa shape index (κ1) is 17.9. The molecule has 1 unspecified atom stereocenters. The first-order valence-corrected chi connectivity index (χ1v) is 5.85. The van der Waals surface area contributed by atoms with E-state index in [1.54, 1.807) is 0 Å². The maximum atomic E-state index is 11.7. The summed E-state index contributed by atoms with van der Waals surface area (Å²) in [6.07, 6.45) is 4.32. The molecule has 1 heterocycles. The van der Waals surface area contributed by atoms with Crippen molar-refractivity contribution in [1.29, 1.82) is 0 Å². The predicted octanol–water partition coefficient (Wildman–Crippen LogP) is -0.692. The third kappa shape index (κ3) is 5.67. The quantitative estimate of drug-likeness (QED) is 0.238. The number of hydrogen-bond donors (Lipinski definition) is 4. The van der Waals surface area contributed by atoms with Gasteiger partial charge in [-0.3, -0.25) is 9.79 Å². The van der Waals surface area contributed by atoms with Crippen molar-refractivity contribution in [2.75, 3.05) is 13.6 Å². The van der Waals surface area contributed by atoms with E-state index in [-0.39, 0.29) is 17.1 Å². The smallest absolute Gasteiger partial charge is 0.255 e. The van der Waals surface area contributed by atoms with Crippen LogP contribution in [0.4, 0.5) is 8.78 Å². The van der Waals surface area contributed by atoms with Crippen molar-refractivity contribution in [3.63, 3.8) is 0 Å². The molecule has 0 aromatic heterocycles. The summed E-state index contributed by atoms with van der Waals surface area (Å²) in [4.78, 5) is 14.3. The summed E-state index contributed by atoms with van der Waals surface area (Å²) >= 11 is 0. The zero-order chi connectivity index (χ0) is 15.7. The summed E-state index contributed by atoms with van der Waals surface area (Å²) in [5.41, 5.74) is 15.3. The largest absolute Gasteiger partial charge is 0.391 e. The summed E-state index contributed by atoms with van der Waals surface area (Å²) in [7, 11) is 1.40. The monoisotopic (exact) mass is 287 g/mol. The molecule has 0 bridgehead atoms. The maximum absolute atomic E-state index is 11.7. The van der Waals surface area contributed by atoms with E-state index < -0.39 is 18.4 Å². The minimum Gasteiger partial charge on any atom is -0.391 e. The lowest BCUT2D eigenvalue weighted by Gasteiger charge is -2.05. The van der Waals surface area contributed by atoms with Crippen LogP contribution in [0.5, 0.6) is 0 Å². The highest BCUT2D eigenvalue weighted by atomic mass is 19.3. The molecule has 112 valence electrons. The molecule has 1 rings (SSSR count). The first-order valence-electron chi connectivity index (χ1n) is 5.85. The second-order valence-electron chi connectivity index (χ2n) is 3.94. The summed E-state index contributed by atoms with van der Waals surface area (Å²) < 4.78 is 23.4. The highest BCUT2D eigenvalue weighted by Crippen LogP contribution is 2.11. The molecule has 0 radical (unpaired) electrons. The Morgan fingerprint density at radius 1 is 1.45 bits per heavy atom. The first-order chi connectivity index (χ1) is 9.34. The van der Waals surface area contributed by atoms with Crippen LogP contribution in [-0.4, -0.2) is 37.8 Å². The summed E-state index contributed by atoms with van der Waals surface area (Å²) in [6.45, 7) is 0.759. The van der Waals surface area contributed by atoms with Gasteiger partial charge in [0.2, 0.25) is 0 Å². The van der Waals surface area contributed by atoms with E-state index in [1.165, 1.54) is 7.05 Å². The number of amidine groups is 1. The molecule has 1 aliphatic heterocycles. The third-order valence-electron chi connectivity index (χ3n) is 2.57. The number of amides is 1. The van der Waals surface area contributed by atoms with Crippen LogP contribution < -0.4 is 22.5 Å². The normalized spacial score (nSPS) is 19.8. The molecule has 6 nitrogen and oxygen atoms in total. The average molecular weight is 287 g/mol. The van der Waals surface area contributed by atoms with Crippen molar-refractivity contribution in [3.05, 3.63) is 11.3 Å². The highest BCUT2D eigenvalue weighted by molar-refractivity contribution is 6.20. The lowest BCUT2D eigenvalue weighted by Crippen LogP contribution is -2.29. The number of nitrogens with two attached hydrogens (primary N) is 3. The van der Waals surface area contributed by atoms with Crippen molar-refractivity contribution in [3.8, 4) is 12.3 Å². The van der Waals surface area contributed by atoms with E-state index in [2.05, 4.69) is 16.2 Å². The van der Waals surface area contributed by atoms with Crippen molar-refractivity contribution in [1.82, 2.24) is 5.32 Å². The number of carbonyl (C=O) groups is 1. The molecule has 20 heavy (non-hydrogen) atoms. The fraction of sp³-hybridized carbons (Fsp3) is 0.500. The van der Waals surface area contributed by atoms with Gasteiger partial charge in [0, 0.05) is 7.05 Å². The van der Waals surface area contributed by atoms with Crippen molar-refractivity contribution in [2.24, 2.45) is 22.2 Å². The number of terminal acetylenes is 1. The molecule has 0 aromatic rings. The molecule has 8 heteroatoms. The molecule has 0 spiro atoms. The van der Waals surface area contributed by atoms with Crippen LogP contribution in [0.3, 0.4) is 0 Å². The van der Waals surface area contributed by atoms with Crippen LogP contribution in [0, 0.1) is 12.3 Å². The van der Waals surface area contributed by atoms with Gasteiger partial charge in [-0.25, -0.2) is 8.78 Å². The topological polar surface area (TPSA) is 120 Å². The number of carbonyl (C=O) groups excluding carboxylic acids is 1. The van der Waals surface area contributed by atoms with Crippen molar-refractivity contribution < 1.29 is 13.6 Å². The van der Waals surface area contributed by atoms with Gasteiger partial charge < -0.3 is 22.5 Å². The second-order valence-corrected chi connectivity index (χ2v) is 3.94. The molecule has 1 amide bonds. The Labute approximate surface area is 116 Å². The van der Waals surface area contributed by atoms with Crippen LogP contribution in [0.15, 0.2) is 16.3 Å². The number of nitrogens with one attached hydrogen (secondary N) is 1. The van der Waals surface area contributed by atoms with Gasteiger partial charge >= 0.3 is 0 Å².